The maximum atomic E-state index is 9.80. The Morgan fingerprint density at radius 3 is 2.57 bits per heavy atom. The Hall–Kier alpha value is -2.16. The summed E-state index contributed by atoms with van der Waals surface area (Å²) in [6.45, 7) is 6.44. The number of para-hydroxylation sites is 1. The largest absolute Gasteiger partial charge is 0.504 e. The quantitative estimate of drug-likeness (QED) is 0.279. The van der Waals surface area contributed by atoms with Gasteiger partial charge in [-0.25, -0.2) is 4.99 Å². The van der Waals surface area contributed by atoms with Crippen LogP contribution in [-0.2, 0) is 13.0 Å². The summed E-state index contributed by atoms with van der Waals surface area (Å²) >= 11 is 0. The first-order chi connectivity index (χ1) is 13.2. The summed E-state index contributed by atoms with van der Waals surface area (Å²) in [4.78, 5) is 4.61. The fourth-order valence-electron chi connectivity index (χ4n) is 2.67. The number of benzene rings is 2. The van der Waals surface area contributed by atoms with Crippen molar-refractivity contribution in [3.8, 4) is 17.2 Å². The summed E-state index contributed by atoms with van der Waals surface area (Å²) in [6.07, 6.45) is 0.835. The van der Waals surface area contributed by atoms with Gasteiger partial charge in [-0.05, 0) is 49.6 Å². The number of guanidine groups is 1. The minimum atomic E-state index is 0. The Bertz CT molecular complexity index is 753. The molecule has 0 spiro atoms. The van der Waals surface area contributed by atoms with Crippen LogP contribution in [0.1, 0.15) is 25.0 Å². The standard InChI is InChI=1S/C21H29N3O3.HI/c1-4-22-21(23-13-12-17-8-6-7-9-19(17)26-3)24-15-16-10-11-18(25)20(14-16)27-5-2;/h6-11,14,25H,4-5,12-13,15H2,1-3H3,(H2,22,23,24);1H. The number of rotatable bonds is 9. The lowest BCUT2D eigenvalue weighted by Crippen LogP contribution is -2.38. The van der Waals surface area contributed by atoms with Gasteiger partial charge >= 0.3 is 0 Å². The molecule has 0 fully saturated rings. The van der Waals surface area contributed by atoms with Crippen LogP contribution < -0.4 is 20.1 Å². The highest BCUT2D eigenvalue weighted by Crippen LogP contribution is 2.27. The van der Waals surface area contributed by atoms with Crippen molar-refractivity contribution in [2.45, 2.75) is 26.8 Å². The van der Waals surface area contributed by atoms with Gasteiger partial charge in [0, 0.05) is 13.1 Å². The van der Waals surface area contributed by atoms with E-state index in [-0.39, 0.29) is 29.7 Å². The fourth-order valence-corrected chi connectivity index (χ4v) is 2.67. The van der Waals surface area contributed by atoms with Gasteiger partial charge in [0.1, 0.15) is 5.75 Å². The highest BCUT2D eigenvalue weighted by molar-refractivity contribution is 14.0. The van der Waals surface area contributed by atoms with Crippen LogP contribution in [0.15, 0.2) is 47.5 Å². The monoisotopic (exact) mass is 499 g/mol. The average molecular weight is 499 g/mol. The third kappa shape index (κ3) is 7.46. The molecule has 0 aliphatic heterocycles. The molecule has 0 bridgehead atoms. The zero-order chi connectivity index (χ0) is 19.5. The van der Waals surface area contributed by atoms with Gasteiger partial charge in [0.05, 0.1) is 20.3 Å². The Labute approximate surface area is 184 Å². The van der Waals surface area contributed by atoms with E-state index in [0.29, 0.717) is 18.9 Å². The zero-order valence-corrected chi connectivity index (χ0v) is 19.0. The Morgan fingerprint density at radius 1 is 1.07 bits per heavy atom. The number of aliphatic imine (C=N–C) groups is 1. The van der Waals surface area contributed by atoms with E-state index in [1.165, 1.54) is 0 Å². The maximum Gasteiger partial charge on any atom is 0.191 e. The van der Waals surface area contributed by atoms with E-state index < -0.39 is 0 Å². The van der Waals surface area contributed by atoms with Crippen LogP contribution in [0.25, 0.3) is 0 Å². The first-order valence-corrected chi connectivity index (χ1v) is 9.26. The van der Waals surface area contributed by atoms with Crippen LogP contribution in [0, 0.1) is 0 Å². The molecule has 0 amide bonds. The normalized spacial score (nSPS) is 10.8. The molecular weight excluding hydrogens is 469 g/mol. The van der Waals surface area contributed by atoms with Crippen LogP contribution in [0.2, 0.25) is 0 Å². The van der Waals surface area contributed by atoms with E-state index in [9.17, 15) is 5.11 Å². The first kappa shape index (κ1) is 23.9. The molecular formula is C21H30IN3O3. The van der Waals surface area contributed by atoms with E-state index in [1.54, 1.807) is 13.2 Å². The molecule has 0 saturated heterocycles. The van der Waals surface area contributed by atoms with E-state index >= 15 is 0 Å². The van der Waals surface area contributed by atoms with Crippen molar-refractivity contribution in [2.24, 2.45) is 4.99 Å². The highest BCUT2D eigenvalue weighted by atomic mass is 127. The van der Waals surface area contributed by atoms with Crippen molar-refractivity contribution in [1.82, 2.24) is 10.6 Å². The summed E-state index contributed by atoms with van der Waals surface area (Å²) < 4.78 is 10.8. The van der Waals surface area contributed by atoms with Crippen LogP contribution in [0.3, 0.4) is 0 Å². The smallest absolute Gasteiger partial charge is 0.191 e. The van der Waals surface area contributed by atoms with Crippen molar-refractivity contribution in [1.29, 1.82) is 0 Å². The molecule has 3 N–H and O–H groups in total. The van der Waals surface area contributed by atoms with E-state index in [1.807, 2.05) is 44.2 Å². The predicted molar refractivity (Wildman–Crippen MR) is 124 cm³/mol. The van der Waals surface area contributed by atoms with Crippen molar-refractivity contribution in [3.05, 3.63) is 53.6 Å². The molecule has 7 heteroatoms. The molecule has 2 rings (SSSR count). The molecule has 0 saturated carbocycles. The molecule has 0 atom stereocenters. The molecule has 2 aromatic rings. The van der Waals surface area contributed by atoms with Gasteiger partial charge in [0.2, 0.25) is 0 Å². The van der Waals surface area contributed by atoms with Gasteiger partial charge in [-0.2, -0.15) is 0 Å². The molecule has 0 unspecified atom stereocenters. The van der Waals surface area contributed by atoms with Gasteiger partial charge < -0.3 is 25.2 Å². The lowest BCUT2D eigenvalue weighted by molar-refractivity contribution is 0.318. The highest BCUT2D eigenvalue weighted by Gasteiger charge is 2.05. The van der Waals surface area contributed by atoms with E-state index in [2.05, 4.69) is 21.7 Å². The van der Waals surface area contributed by atoms with Crippen LogP contribution in [0.4, 0.5) is 0 Å². The number of nitrogens with zero attached hydrogens (tertiary/aromatic N) is 1. The number of phenols is 1. The molecule has 0 aliphatic rings. The topological polar surface area (TPSA) is 75.1 Å². The van der Waals surface area contributed by atoms with Crippen LogP contribution in [0.5, 0.6) is 17.2 Å². The summed E-state index contributed by atoms with van der Waals surface area (Å²) in [7, 11) is 1.69. The molecule has 0 radical (unpaired) electrons. The van der Waals surface area contributed by atoms with Crippen molar-refractivity contribution in [2.75, 3.05) is 26.8 Å². The zero-order valence-electron chi connectivity index (χ0n) is 16.7. The maximum absolute atomic E-state index is 9.80. The Balaban J connectivity index is 0.00000392. The summed E-state index contributed by atoms with van der Waals surface area (Å²) in [6, 6.07) is 13.3. The molecule has 0 heterocycles. The van der Waals surface area contributed by atoms with Crippen LogP contribution in [-0.4, -0.2) is 37.9 Å². The number of hydrogen-bond donors (Lipinski definition) is 3. The molecule has 0 aliphatic carbocycles. The van der Waals surface area contributed by atoms with Gasteiger partial charge in [-0.15, -0.1) is 24.0 Å². The third-order valence-electron chi connectivity index (χ3n) is 3.97. The van der Waals surface area contributed by atoms with Gasteiger partial charge in [0.15, 0.2) is 17.5 Å². The second-order valence-corrected chi connectivity index (χ2v) is 5.92. The summed E-state index contributed by atoms with van der Waals surface area (Å²) in [5, 5.41) is 16.4. The number of aromatic hydroxyl groups is 1. The number of hydrogen-bond acceptors (Lipinski definition) is 4. The first-order valence-electron chi connectivity index (χ1n) is 9.26. The minimum Gasteiger partial charge on any atom is -0.504 e. The van der Waals surface area contributed by atoms with Crippen molar-refractivity contribution < 1.29 is 14.6 Å². The Kier molecular flexibility index (Phi) is 11.2. The Morgan fingerprint density at radius 2 is 1.86 bits per heavy atom. The molecule has 2 aromatic carbocycles. The third-order valence-corrected chi connectivity index (χ3v) is 3.97. The molecule has 28 heavy (non-hydrogen) atoms. The van der Waals surface area contributed by atoms with Gasteiger partial charge in [-0.1, -0.05) is 24.3 Å². The number of nitrogens with one attached hydrogen (secondary N) is 2. The lowest BCUT2D eigenvalue weighted by atomic mass is 10.1. The predicted octanol–water partition coefficient (Wildman–Crippen LogP) is 3.72. The van der Waals surface area contributed by atoms with Crippen molar-refractivity contribution in [3.63, 3.8) is 0 Å². The average Bonchev–Trinajstić information content (AvgIpc) is 2.69. The SMILES string of the molecule is CCNC(=NCc1ccc(O)c(OCC)c1)NCCc1ccccc1OC.I. The van der Waals surface area contributed by atoms with Gasteiger partial charge in [-0.3, -0.25) is 0 Å². The number of methoxy groups -OCH3 is 1. The lowest BCUT2D eigenvalue weighted by Gasteiger charge is -2.13. The van der Waals surface area contributed by atoms with E-state index in [4.69, 9.17) is 9.47 Å². The molecule has 6 nitrogen and oxygen atoms in total. The summed E-state index contributed by atoms with van der Waals surface area (Å²) in [5.74, 6) is 2.28. The van der Waals surface area contributed by atoms with Gasteiger partial charge in [0.25, 0.3) is 0 Å². The molecule has 154 valence electrons. The molecule has 0 aromatic heterocycles. The number of phenolic OH excluding ortho intramolecular Hbond substituents is 1. The van der Waals surface area contributed by atoms with E-state index in [0.717, 1.165) is 42.3 Å². The summed E-state index contributed by atoms with van der Waals surface area (Å²) in [5.41, 5.74) is 2.13. The fraction of sp³-hybridized carbons (Fsp3) is 0.381. The number of halogens is 1. The van der Waals surface area contributed by atoms with Crippen molar-refractivity contribution >= 4 is 29.9 Å². The second-order valence-electron chi connectivity index (χ2n) is 5.92. The minimum absolute atomic E-state index is 0. The second kappa shape index (κ2) is 13.1. The number of ether oxygens (including phenoxy) is 2. The van der Waals surface area contributed by atoms with Crippen LogP contribution >= 0.6 is 24.0 Å².